The van der Waals surface area contributed by atoms with Crippen molar-refractivity contribution in [3.8, 4) is 10.6 Å². The highest BCUT2D eigenvalue weighted by Gasteiger charge is 2.20. The van der Waals surface area contributed by atoms with Crippen molar-refractivity contribution in [2.24, 2.45) is 0 Å². The van der Waals surface area contributed by atoms with Crippen LogP contribution in [0.1, 0.15) is 28.8 Å². The lowest BCUT2D eigenvalue weighted by atomic mass is 10.1. The third-order valence-electron chi connectivity index (χ3n) is 3.38. The van der Waals surface area contributed by atoms with Gasteiger partial charge in [-0.2, -0.15) is 0 Å². The van der Waals surface area contributed by atoms with E-state index in [2.05, 4.69) is 52.2 Å². The average Bonchev–Trinajstić information content (AvgIpc) is 3.10. The van der Waals surface area contributed by atoms with E-state index in [9.17, 15) is 0 Å². The summed E-state index contributed by atoms with van der Waals surface area (Å²) in [4.78, 5) is 5.88. The van der Waals surface area contributed by atoms with Gasteiger partial charge in [-0.25, -0.2) is 4.98 Å². The van der Waals surface area contributed by atoms with E-state index in [1.165, 1.54) is 38.9 Å². The molecule has 1 heterocycles. The van der Waals surface area contributed by atoms with Crippen molar-refractivity contribution in [3.05, 3.63) is 38.8 Å². The third-order valence-corrected chi connectivity index (χ3v) is 5.68. The first-order valence-electron chi connectivity index (χ1n) is 6.58. The van der Waals surface area contributed by atoms with E-state index >= 15 is 0 Å². The molecule has 0 radical (unpaired) electrons. The smallest absolute Gasteiger partial charge is 0.123 e. The van der Waals surface area contributed by atoms with Gasteiger partial charge in [0.25, 0.3) is 0 Å². The number of rotatable bonds is 4. The van der Waals surface area contributed by atoms with Crippen LogP contribution in [-0.2, 0) is 6.54 Å². The highest BCUT2D eigenvalue weighted by atomic mass is 79.9. The van der Waals surface area contributed by atoms with E-state index in [1.54, 1.807) is 11.3 Å². The number of thiazole rings is 1. The van der Waals surface area contributed by atoms with E-state index in [1.807, 2.05) is 6.20 Å². The fourth-order valence-electron chi connectivity index (χ4n) is 2.12. The van der Waals surface area contributed by atoms with Gasteiger partial charge < -0.3 is 5.32 Å². The molecule has 1 aromatic carbocycles. The first kappa shape index (κ1) is 13.3. The normalized spacial score (nSPS) is 14.9. The molecule has 100 valence electrons. The largest absolute Gasteiger partial charge is 0.309 e. The Kier molecular flexibility index (Phi) is 3.74. The lowest BCUT2D eigenvalue weighted by Crippen LogP contribution is -2.14. The second-order valence-corrected chi connectivity index (χ2v) is 7.12. The molecule has 1 saturated carbocycles. The second-order valence-electron chi connectivity index (χ2n) is 5.21. The Hall–Kier alpha value is -0.710. The molecule has 19 heavy (non-hydrogen) atoms. The molecule has 1 N–H and O–H groups in total. The molecule has 0 spiro atoms. The topological polar surface area (TPSA) is 24.9 Å². The standard InChI is InChI=1S/C15H17BrN2S/c1-9-5-11(6-10(2)14(9)16)15-18-8-13(19-15)7-17-12-3-4-12/h5-6,8,12,17H,3-4,7H2,1-2H3. The number of hydrogen-bond donors (Lipinski definition) is 1. The molecular weight excluding hydrogens is 320 g/mol. The minimum absolute atomic E-state index is 0.753. The summed E-state index contributed by atoms with van der Waals surface area (Å²) < 4.78 is 1.20. The van der Waals surface area contributed by atoms with E-state index in [0.29, 0.717) is 0 Å². The first-order chi connectivity index (χ1) is 9.13. The summed E-state index contributed by atoms with van der Waals surface area (Å²) in [5.74, 6) is 0. The van der Waals surface area contributed by atoms with Crippen LogP contribution in [0.5, 0.6) is 0 Å². The molecule has 0 bridgehead atoms. The van der Waals surface area contributed by atoms with Gasteiger partial charge in [0.2, 0.25) is 0 Å². The summed E-state index contributed by atoms with van der Waals surface area (Å²) in [6.45, 7) is 5.21. The van der Waals surface area contributed by atoms with Crippen molar-refractivity contribution >= 4 is 27.3 Å². The molecule has 2 nitrogen and oxygen atoms in total. The van der Waals surface area contributed by atoms with Crippen LogP contribution in [-0.4, -0.2) is 11.0 Å². The average molecular weight is 337 g/mol. The zero-order valence-electron chi connectivity index (χ0n) is 11.2. The molecule has 1 aliphatic rings. The fraction of sp³-hybridized carbons (Fsp3) is 0.400. The Bertz CT molecular complexity index is 579. The van der Waals surface area contributed by atoms with Gasteiger partial charge in [0.1, 0.15) is 5.01 Å². The predicted octanol–water partition coefficient (Wildman–Crippen LogP) is 4.44. The minimum atomic E-state index is 0.753. The maximum absolute atomic E-state index is 4.56. The summed E-state index contributed by atoms with van der Waals surface area (Å²) in [5, 5.41) is 4.65. The van der Waals surface area contributed by atoms with Gasteiger partial charge in [-0.3, -0.25) is 0 Å². The fourth-order valence-corrected chi connectivity index (χ4v) is 3.20. The number of nitrogens with one attached hydrogen (secondary N) is 1. The van der Waals surface area contributed by atoms with Crippen LogP contribution in [0.4, 0.5) is 0 Å². The lowest BCUT2D eigenvalue weighted by Gasteiger charge is -2.05. The molecule has 0 atom stereocenters. The van der Waals surface area contributed by atoms with E-state index in [0.717, 1.165) is 17.6 Å². The Morgan fingerprint density at radius 3 is 2.63 bits per heavy atom. The van der Waals surface area contributed by atoms with Crippen molar-refractivity contribution in [3.63, 3.8) is 0 Å². The molecule has 0 aliphatic heterocycles. The first-order valence-corrected chi connectivity index (χ1v) is 8.19. The highest BCUT2D eigenvalue weighted by molar-refractivity contribution is 9.10. The van der Waals surface area contributed by atoms with Crippen molar-refractivity contribution < 1.29 is 0 Å². The minimum Gasteiger partial charge on any atom is -0.309 e. The zero-order valence-corrected chi connectivity index (χ0v) is 13.6. The second kappa shape index (κ2) is 5.35. The van der Waals surface area contributed by atoms with Crippen LogP contribution >= 0.6 is 27.3 Å². The molecule has 2 aromatic rings. The Morgan fingerprint density at radius 1 is 1.32 bits per heavy atom. The van der Waals surface area contributed by atoms with Gasteiger partial charge in [-0.1, -0.05) is 15.9 Å². The molecule has 0 unspecified atom stereocenters. The molecular formula is C15H17BrN2S. The highest BCUT2D eigenvalue weighted by Crippen LogP contribution is 2.31. The van der Waals surface area contributed by atoms with Gasteiger partial charge in [0, 0.05) is 33.7 Å². The number of benzene rings is 1. The van der Waals surface area contributed by atoms with Gasteiger partial charge >= 0.3 is 0 Å². The monoisotopic (exact) mass is 336 g/mol. The molecule has 1 fully saturated rings. The van der Waals surface area contributed by atoms with Gasteiger partial charge in [0.15, 0.2) is 0 Å². The Morgan fingerprint density at radius 2 is 2.00 bits per heavy atom. The van der Waals surface area contributed by atoms with Crippen LogP contribution in [0.15, 0.2) is 22.8 Å². The van der Waals surface area contributed by atoms with Gasteiger partial charge in [-0.15, -0.1) is 11.3 Å². The zero-order chi connectivity index (χ0) is 13.4. The molecule has 4 heteroatoms. The quantitative estimate of drug-likeness (QED) is 0.892. The van der Waals surface area contributed by atoms with Crippen molar-refractivity contribution in [2.45, 2.75) is 39.3 Å². The van der Waals surface area contributed by atoms with Crippen molar-refractivity contribution in [2.75, 3.05) is 0 Å². The van der Waals surface area contributed by atoms with Gasteiger partial charge in [-0.05, 0) is 49.9 Å². The maximum atomic E-state index is 4.56. The number of aryl methyl sites for hydroxylation is 2. The van der Waals surface area contributed by atoms with E-state index < -0.39 is 0 Å². The summed E-state index contributed by atoms with van der Waals surface area (Å²) in [6.07, 6.45) is 4.66. The molecule has 1 aliphatic carbocycles. The molecule has 3 rings (SSSR count). The predicted molar refractivity (Wildman–Crippen MR) is 84.6 cm³/mol. The summed E-state index contributed by atoms with van der Waals surface area (Å²) in [6, 6.07) is 5.16. The lowest BCUT2D eigenvalue weighted by molar-refractivity contribution is 0.694. The van der Waals surface area contributed by atoms with Crippen LogP contribution in [0, 0.1) is 13.8 Å². The maximum Gasteiger partial charge on any atom is 0.123 e. The molecule has 1 aromatic heterocycles. The molecule has 0 amide bonds. The van der Waals surface area contributed by atoms with Crippen LogP contribution in [0.2, 0.25) is 0 Å². The van der Waals surface area contributed by atoms with Crippen LogP contribution < -0.4 is 5.32 Å². The van der Waals surface area contributed by atoms with Crippen molar-refractivity contribution in [1.82, 2.24) is 10.3 Å². The van der Waals surface area contributed by atoms with Crippen LogP contribution in [0.3, 0.4) is 0 Å². The summed E-state index contributed by atoms with van der Waals surface area (Å²) >= 11 is 5.40. The summed E-state index contributed by atoms with van der Waals surface area (Å²) in [7, 11) is 0. The Labute approximate surface area is 126 Å². The number of aromatic nitrogens is 1. The molecule has 0 saturated heterocycles. The number of nitrogens with zero attached hydrogens (tertiary/aromatic N) is 1. The number of halogens is 1. The van der Waals surface area contributed by atoms with E-state index in [-0.39, 0.29) is 0 Å². The van der Waals surface area contributed by atoms with Crippen LogP contribution in [0.25, 0.3) is 10.6 Å². The SMILES string of the molecule is Cc1cc(-c2ncc(CNC3CC3)s2)cc(C)c1Br. The number of hydrogen-bond acceptors (Lipinski definition) is 3. The van der Waals surface area contributed by atoms with Gasteiger partial charge in [0.05, 0.1) is 0 Å². The third kappa shape index (κ3) is 3.07. The summed E-state index contributed by atoms with van der Waals surface area (Å²) in [5.41, 5.74) is 3.76. The van der Waals surface area contributed by atoms with E-state index in [4.69, 9.17) is 0 Å². The van der Waals surface area contributed by atoms with Crippen molar-refractivity contribution in [1.29, 1.82) is 0 Å². The Balaban J connectivity index is 1.81.